The topological polar surface area (TPSA) is 85.0 Å². The Kier molecular flexibility index (Phi) is 13.3. The number of hydrogen-bond acceptors (Lipinski definition) is 8. The van der Waals surface area contributed by atoms with Crippen molar-refractivity contribution in [3.05, 3.63) is 143 Å². The maximum Gasteiger partial charge on any atom is 0.264 e. The smallest absolute Gasteiger partial charge is 0.264 e. The zero-order valence-electron chi connectivity index (χ0n) is 30.4. The molecule has 12 heteroatoms. The number of rotatable bonds is 15. The summed E-state index contributed by atoms with van der Waals surface area (Å²) in [5.41, 5.74) is 4.94. The molecule has 0 saturated carbocycles. The number of halogens is 2. The first-order chi connectivity index (χ1) is 26.0. The molecule has 0 aliphatic carbocycles. The summed E-state index contributed by atoms with van der Waals surface area (Å²) < 4.78 is 43.8. The van der Waals surface area contributed by atoms with Crippen molar-refractivity contribution in [2.24, 2.45) is 0 Å². The van der Waals surface area contributed by atoms with Crippen LogP contribution in [0.5, 0.6) is 0 Å². The Bertz CT molecular complexity index is 2110. The lowest BCUT2D eigenvalue weighted by molar-refractivity contribution is 0.0981. The Labute approximate surface area is 327 Å². The van der Waals surface area contributed by atoms with Gasteiger partial charge in [-0.25, -0.2) is 17.5 Å². The highest BCUT2D eigenvalue weighted by Gasteiger charge is 2.23. The van der Waals surface area contributed by atoms with Crippen LogP contribution >= 0.6 is 23.4 Å². The summed E-state index contributed by atoms with van der Waals surface area (Å²) in [6.07, 6.45) is 0.762. The number of nitrogens with one attached hydrogen (secondary N) is 2. The van der Waals surface area contributed by atoms with Gasteiger partial charge in [0.2, 0.25) is 0 Å². The molecule has 1 heterocycles. The Hall–Kier alpha value is -4.39. The predicted octanol–water partition coefficient (Wildman–Crippen LogP) is 8.11. The summed E-state index contributed by atoms with van der Waals surface area (Å²) in [7, 11) is -0.359. The van der Waals surface area contributed by atoms with Crippen molar-refractivity contribution in [3.8, 4) is 11.1 Å². The van der Waals surface area contributed by atoms with Gasteiger partial charge in [-0.2, -0.15) is 0 Å². The van der Waals surface area contributed by atoms with Gasteiger partial charge in [0.15, 0.2) is 0 Å². The number of anilines is 2. The van der Waals surface area contributed by atoms with Crippen LogP contribution in [0, 0.1) is 5.82 Å². The van der Waals surface area contributed by atoms with Gasteiger partial charge < -0.3 is 15.1 Å². The van der Waals surface area contributed by atoms with E-state index in [0.29, 0.717) is 10.8 Å². The second-order valence-corrected chi connectivity index (χ2v) is 16.8. The number of amides is 1. The van der Waals surface area contributed by atoms with E-state index >= 15 is 4.39 Å². The molecule has 1 fully saturated rings. The standard InChI is InChI=1S/C42H45ClFN5O3S2/c1-47(2)23-22-35(30-53-37-9-4-3-5-10-37)45-41-21-20-38(28-40(41)44)54(51,52)46-42(50)32-14-18-36(19-15-32)49-26-24-48(25-27-49)29-33-8-6-7-11-39(33)31-12-16-34(43)17-13-31/h3-21,28,35,45H,22-27,29-30H2,1-2H3,(H,46,50)/t35-/m1/s1. The van der Waals surface area contributed by atoms with Crippen LogP contribution in [0.3, 0.4) is 0 Å². The monoisotopic (exact) mass is 785 g/mol. The fourth-order valence-corrected chi connectivity index (χ4v) is 8.47. The molecule has 8 nitrogen and oxygen atoms in total. The normalized spacial score (nSPS) is 14.2. The van der Waals surface area contributed by atoms with E-state index < -0.39 is 21.7 Å². The molecule has 5 aromatic carbocycles. The van der Waals surface area contributed by atoms with Gasteiger partial charge in [-0.3, -0.25) is 9.69 Å². The molecule has 282 valence electrons. The van der Waals surface area contributed by atoms with Crippen molar-refractivity contribution in [1.29, 1.82) is 0 Å². The van der Waals surface area contributed by atoms with E-state index in [-0.39, 0.29) is 22.2 Å². The van der Waals surface area contributed by atoms with Crippen molar-refractivity contribution < 1.29 is 17.6 Å². The van der Waals surface area contributed by atoms with Gasteiger partial charge in [0.25, 0.3) is 15.9 Å². The molecule has 0 spiro atoms. The third kappa shape index (κ3) is 10.6. The summed E-state index contributed by atoms with van der Waals surface area (Å²) in [6.45, 7) is 4.97. The zero-order chi connectivity index (χ0) is 38.1. The van der Waals surface area contributed by atoms with Crippen molar-refractivity contribution in [1.82, 2.24) is 14.5 Å². The molecule has 54 heavy (non-hydrogen) atoms. The summed E-state index contributed by atoms with van der Waals surface area (Å²) >= 11 is 7.78. The molecule has 1 amide bonds. The molecular formula is C42H45ClFN5O3S2. The SMILES string of the molecule is CN(C)CC[C@H](CSc1ccccc1)Nc1ccc(S(=O)(=O)NC(=O)c2ccc(N3CCN(Cc4ccccc4-c4ccc(Cl)cc4)CC3)cc2)cc1F. The Balaban J connectivity index is 1.02. The average molecular weight is 786 g/mol. The fourth-order valence-electron chi connectivity index (χ4n) is 6.36. The molecule has 6 rings (SSSR count). The van der Waals surface area contributed by atoms with Gasteiger partial charge in [-0.05, 0) is 110 Å². The molecule has 0 bridgehead atoms. The van der Waals surface area contributed by atoms with Gasteiger partial charge in [-0.1, -0.05) is 66.2 Å². The molecule has 0 radical (unpaired) electrons. The first-order valence-electron chi connectivity index (χ1n) is 17.9. The Morgan fingerprint density at radius 2 is 1.56 bits per heavy atom. The lowest BCUT2D eigenvalue weighted by atomic mass is 9.99. The van der Waals surface area contributed by atoms with Crippen LogP contribution in [0.4, 0.5) is 15.8 Å². The van der Waals surface area contributed by atoms with Crippen LogP contribution in [0.1, 0.15) is 22.3 Å². The number of nitrogens with zero attached hydrogens (tertiary/aromatic N) is 3. The van der Waals surface area contributed by atoms with Crippen molar-refractivity contribution in [3.63, 3.8) is 0 Å². The van der Waals surface area contributed by atoms with Crippen LogP contribution < -0.4 is 14.9 Å². The quantitative estimate of drug-likeness (QED) is 0.103. The van der Waals surface area contributed by atoms with Gasteiger partial charge in [0.05, 0.1) is 10.6 Å². The van der Waals surface area contributed by atoms with Crippen molar-refractivity contribution >= 4 is 50.7 Å². The molecule has 1 aliphatic heterocycles. The second-order valence-electron chi connectivity index (χ2n) is 13.6. The van der Waals surface area contributed by atoms with Crippen molar-refractivity contribution in [2.75, 3.05) is 62.8 Å². The van der Waals surface area contributed by atoms with Gasteiger partial charge in [0.1, 0.15) is 5.82 Å². The van der Waals surface area contributed by atoms with E-state index in [0.717, 1.165) is 67.9 Å². The fraction of sp³-hybridized carbons (Fsp3) is 0.262. The van der Waals surface area contributed by atoms with Gasteiger partial charge in [0, 0.05) is 65.7 Å². The third-order valence-electron chi connectivity index (χ3n) is 9.39. The highest BCUT2D eigenvalue weighted by atomic mass is 35.5. The van der Waals surface area contributed by atoms with E-state index in [1.54, 1.807) is 23.9 Å². The molecule has 0 unspecified atom stereocenters. The number of carbonyl (C=O) groups is 1. The van der Waals surface area contributed by atoms with E-state index in [2.05, 4.69) is 49.0 Å². The number of hydrogen-bond donors (Lipinski definition) is 2. The third-order valence-corrected chi connectivity index (χ3v) is 12.1. The number of piperazine rings is 1. The highest BCUT2D eigenvalue weighted by molar-refractivity contribution is 7.99. The summed E-state index contributed by atoms with van der Waals surface area (Å²) in [5.74, 6) is -0.793. The van der Waals surface area contributed by atoms with E-state index in [1.807, 2.05) is 80.8 Å². The lowest BCUT2D eigenvalue weighted by Gasteiger charge is -2.36. The molecule has 2 N–H and O–H groups in total. The van der Waals surface area contributed by atoms with Gasteiger partial charge in [-0.15, -0.1) is 11.8 Å². The maximum absolute atomic E-state index is 15.3. The van der Waals surface area contributed by atoms with Crippen LogP contribution in [-0.2, 0) is 16.6 Å². The maximum atomic E-state index is 15.3. The summed E-state index contributed by atoms with van der Waals surface area (Å²) in [6, 6.07) is 36.8. The number of thioether (sulfide) groups is 1. The first kappa shape index (κ1) is 39.3. The second kappa shape index (κ2) is 18.3. The minimum Gasteiger partial charge on any atom is -0.379 e. The molecular weight excluding hydrogens is 741 g/mol. The molecule has 1 atom stereocenters. The zero-order valence-corrected chi connectivity index (χ0v) is 32.8. The van der Waals surface area contributed by atoms with Crippen LogP contribution in [0.25, 0.3) is 11.1 Å². The number of carbonyl (C=O) groups excluding carboxylic acids is 1. The molecule has 1 aliphatic rings. The average Bonchev–Trinajstić information content (AvgIpc) is 3.17. The van der Waals surface area contributed by atoms with Crippen LogP contribution in [-0.4, -0.2) is 82.7 Å². The van der Waals surface area contributed by atoms with Crippen LogP contribution in [0.15, 0.2) is 131 Å². The highest BCUT2D eigenvalue weighted by Crippen LogP contribution is 2.28. The Morgan fingerprint density at radius 3 is 2.24 bits per heavy atom. The number of benzene rings is 5. The van der Waals surface area contributed by atoms with E-state index in [4.69, 9.17) is 11.6 Å². The number of sulfonamides is 1. The molecule has 5 aromatic rings. The first-order valence-corrected chi connectivity index (χ1v) is 20.8. The minimum atomic E-state index is -4.33. The van der Waals surface area contributed by atoms with Crippen molar-refractivity contribution in [2.45, 2.75) is 28.8 Å². The molecule has 1 saturated heterocycles. The van der Waals surface area contributed by atoms with E-state index in [1.165, 1.54) is 23.3 Å². The predicted molar refractivity (Wildman–Crippen MR) is 220 cm³/mol. The minimum absolute atomic E-state index is 0.0654. The van der Waals surface area contributed by atoms with E-state index in [9.17, 15) is 13.2 Å². The van der Waals surface area contributed by atoms with Gasteiger partial charge >= 0.3 is 0 Å². The Morgan fingerprint density at radius 1 is 0.870 bits per heavy atom. The largest absolute Gasteiger partial charge is 0.379 e. The van der Waals surface area contributed by atoms with Crippen LogP contribution in [0.2, 0.25) is 5.02 Å². The summed E-state index contributed by atoms with van der Waals surface area (Å²) in [5, 5.41) is 3.97. The molecule has 0 aromatic heterocycles. The lowest BCUT2D eigenvalue weighted by Crippen LogP contribution is -2.46. The summed E-state index contributed by atoms with van der Waals surface area (Å²) in [4.78, 5) is 20.6.